The third-order valence-corrected chi connectivity index (χ3v) is 5.54. The van der Waals surface area contributed by atoms with E-state index in [1.165, 1.54) is 0 Å². The highest BCUT2D eigenvalue weighted by Crippen LogP contribution is 2.24. The highest BCUT2D eigenvalue weighted by molar-refractivity contribution is 7.93. The molecule has 0 aliphatic carbocycles. The third-order valence-electron chi connectivity index (χ3n) is 3.32. The zero-order valence-corrected chi connectivity index (χ0v) is 12.4. The summed E-state index contributed by atoms with van der Waals surface area (Å²) in [6, 6.07) is 9.39. The van der Waals surface area contributed by atoms with E-state index in [9.17, 15) is 8.42 Å². The summed E-state index contributed by atoms with van der Waals surface area (Å²) in [4.78, 5) is 0. The van der Waals surface area contributed by atoms with Crippen molar-refractivity contribution in [3.05, 3.63) is 30.3 Å². The van der Waals surface area contributed by atoms with E-state index in [0.717, 1.165) is 12.2 Å². The predicted octanol–water partition coefficient (Wildman–Crippen LogP) is 1.84. The second-order valence-electron chi connectivity index (χ2n) is 5.42. The van der Waals surface area contributed by atoms with Crippen molar-refractivity contribution in [2.75, 3.05) is 23.9 Å². The minimum absolute atomic E-state index is 0.296. The molecular weight excluding hydrogens is 260 g/mol. The Morgan fingerprint density at radius 2 is 2.00 bits per heavy atom. The summed E-state index contributed by atoms with van der Waals surface area (Å²) < 4.78 is 27.1. The molecule has 1 N–H and O–H groups in total. The average molecular weight is 282 g/mol. The predicted molar refractivity (Wildman–Crippen MR) is 78.8 cm³/mol. The molecule has 0 bridgehead atoms. The van der Waals surface area contributed by atoms with E-state index in [1.807, 2.05) is 44.2 Å². The van der Waals surface area contributed by atoms with Gasteiger partial charge in [0.25, 0.3) is 0 Å². The Labute approximate surface area is 115 Å². The molecule has 0 saturated carbocycles. The molecule has 1 aromatic rings. The highest BCUT2D eigenvalue weighted by Gasteiger charge is 2.34. The number of hydrogen-bond donors (Lipinski definition) is 1. The number of para-hydroxylation sites is 1. The van der Waals surface area contributed by atoms with Crippen LogP contribution >= 0.6 is 0 Å². The summed E-state index contributed by atoms with van der Waals surface area (Å²) >= 11 is 0. The van der Waals surface area contributed by atoms with Gasteiger partial charge in [0.15, 0.2) is 0 Å². The smallest absolute Gasteiger partial charge is 0.239 e. The van der Waals surface area contributed by atoms with Gasteiger partial charge in [-0.1, -0.05) is 32.0 Å². The van der Waals surface area contributed by atoms with Crippen LogP contribution in [0.1, 0.15) is 20.3 Å². The summed E-state index contributed by atoms with van der Waals surface area (Å²) in [5.74, 6) is 0.296. The molecule has 2 rings (SSSR count). The molecule has 1 fully saturated rings. The minimum Gasteiger partial charge on any atom is -0.315 e. The molecule has 0 spiro atoms. The number of rotatable bonds is 5. The summed E-state index contributed by atoms with van der Waals surface area (Å²) in [5.41, 5.74) is 0.767. The molecule has 1 aliphatic heterocycles. The molecule has 5 heteroatoms. The molecule has 19 heavy (non-hydrogen) atoms. The maximum Gasteiger partial charge on any atom is 0.239 e. The van der Waals surface area contributed by atoms with E-state index in [2.05, 4.69) is 5.32 Å². The van der Waals surface area contributed by atoms with Crippen LogP contribution in [-0.2, 0) is 10.0 Å². The second kappa shape index (κ2) is 5.92. The van der Waals surface area contributed by atoms with Crippen molar-refractivity contribution < 1.29 is 8.42 Å². The second-order valence-corrected chi connectivity index (χ2v) is 7.56. The summed E-state index contributed by atoms with van der Waals surface area (Å²) in [6.45, 7) is 5.96. The summed E-state index contributed by atoms with van der Waals surface area (Å²) in [6.07, 6.45) is 0.698. The van der Waals surface area contributed by atoms with Gasteiger partial charge in [0.2, 0.25) is 10.0 Å². The molecule has 1 atom stereocenters. The lowest BCUT2D eigenvalue weighted by molar-refractivity contribution is 0.566. The summed E-state index contributed by atoms with van der Waals surface area (Å²) in [5, 5.41) is 2.83. The topological polar surface area (TPSA) is 49.4 Å². The molecule has 4 nitrogen and oxygen atoms in total. The largest absolute Gasteiger partial charge is 0.315 e. The zero-order chi connectivity index (χ0) is 13.9. The van der Waals surface area contributed by atoms with Gasteiger partial charge in [-0.2, -0.15) is 0 Å². The molecule has 0 radical (unpaired) electrons. The SMILES string of the molecule is CC(C)CN(c1ccccc1)S(=O)(=O)C1CCNC1. The molecule has 1 unspecified atom stereocenters. The molecule has 1 aliphatic rings. The fourth-order valence-electron chi connectivity index (χ4n) is 2.34. The van der Waals surface area contributed by atoms with Crippen molar-refractivity contribution in [1.82, 2.24) is 5.32 Å². The normalized spacial score (nSPS) is 19.8. The number of anilines is 1. The first-order chi connectivity index (χ1) is 9.01. The maximum absolute atomic E-state index is 12.8. The van der Waals surface area contributed by atoms with Crippen LogP contribution in [0, 0.1) is 5.92 Å². The molecule has 1 aromatic carbocycles. The number of nitrogens with zero attached hydrogens (tertiary/aromatic N) is 1. The van der Waals surface area contributed by atoms with Crippen molar-refractivity contribution in [2.24, 2.45) is 5.92 Å². The van der Waals surface area contributed by atoms with E-state index in [0.29, 0.717) is 25.4 Å². The van der Waals surface area contributed by atoms with Gasteiger partial charge in [0.05, 0.1) is 10.9 Å². The van der Waals surface area contributed by atoms with Crippen LogP contribution < -0.4 is 9.62 Å². The van der Waals surface area contributed by atoms with Gasteiger partial charge in [-0.05, 0) is 31.0 Å². The van der Waals surface area contributed by atoms with Gasteiger partial charge < -0.3 is 5.32 Å². The first-order valence-electron chi connectivity index (χ1n) is 6.79. The van der Waals surface area contributed by atoms with Gasteiger partial charge in [-0.15, -0.1) is 0 Å². The first-order valence-corrected chi connectivity index (χ1v) is 8.29. The van der Waals surface area contributed by atoms with E-state index < -0.39 is 10.0 Å². The lowest BCUT2D eigenvalue weighted by Crippen LogP contribution is -2.41. The molecule has 1 heterocycles. The molecule has 0 amide bonds. The Morgan fingerprint density at radius 1 is 1.32 bits per heavy atom. The van der Waals surface area contributed by atoms with E-state index in [1.54, 1.807) is 4.31 Å². The van der Waals surface area contributed by atoms with Crippen molar-refractivity contribution >= 4 is 15.7 Å². The van der Waals surface area contributed by atoms with Crippen molar-refractivity contribution in [1.29, 1.82) is 0 Å². The fourth-order valence-corrected chi connectivity index (χ4v) is 4.37. The van der Waals surface area contributed by atoms with E-state index >= 15 is 0 Å². The van der Waals surface area contributed by atoms with Crippen molar-refractivity contribution in [3.63, 3.8) is 0 Å². The number of nitrogens with one attached hydrogen (secondary N) is 1. The van der Waals surface area contributed by atoms with Crippen LogP contribution in [0.5, 0.6) is 0 Å². The number of sulfonamides is 1. The Bertz CT molecular complexity index is 493. The van der Waals surface area contributed by atoms with Crippen LogP contribution in [0.3, 0.4) is 0 Å². The fraction of sp³-hybridized carbons (Fsp3) is 0.571. The van der Waals surface area contributed by atoms with Gasteiger partial charge in [0, 0.05) is 13.1 Å². The monoisotopic (exact) mass is 282 g/mol. The van der Waals surface area contributed by atoms with Crippen molar-refractivity contribution in [2.45, 2.75) is 25.5 Å². The van der Waals surface area contributed by atoms with Crippen LogP contribution in [0.2, 0.25) is 0 Å². The van der Waals surface area contributed by atoms with Crippen LogP contribution in [-0.4, -0.2) is 33.3 Å². The van der Waals surface area contributed by atoms with Gasteiger partial charge >= 0.3 is 0 Å². The first kappa shape index (κ1) is 14.3. The van der Waals surface area contributed by atoms with Gasteiger partial charge in [-0.25, -0.2) is 8.42 Å². The minimum atomic E-state index is -3.28. The Hall–Kier alpha value is -1.07. The number of benzene rings is 1. The van der Waals surface area contributed by atoms with Crippen LogP contribution in [0.25, 0.3) is 0 Å². The lowest BCUT2D eigenvalue weighted by Gasteiger charge is -2.28. The van der Waals surface area contributed by atoms with Crippen molar-refractivity contribution in [3.8, 4) is 0 Å². The molecule has 1 saturated heterocycles. The zero-order valence-electron chi connectivity index (χ0n) is 11.5. The Kier molecular flexibility index (Phi) is 4.47. The van der Waals surface area contributed by atoms with Gasteiger partial charge in [0.1, 0.15) is 0 Å². The molecule has 106 valence electrons. The quantitative estimate of drug-likeness (QED) is 0.896. The summed E-state index contributed by atoms with van der Waals surface area (Å²) in [7, 11) is -3.28. The Balaban J connectivity index is 2.32. The molecular formula is C14H22N2O2S. The standard InChI is InChI=1S/C14H22N2O2S/c1-12(2)11-16(13-6-4-3-5-7-13)19(17,18)14-8-9-15-10-14/h3-7,12,14-15H,8-11H2,1-2H3. The van der Waals surface area contributed by atoms with Gasteiger partial charge in [-0.3, -0.25) is 4.31 Å². The molecule has 0 aromatic heterocycles. The third kappa shape index (κ3) is 3.28. The van der Waals surface area contributed by atoms with E-state index in [4.69, 9.17) is 0 Å². The highest BCUT2D eigenvalue weighted by atomic mass is 32.2. The average Bonchev–Trinajstić information content (AvgIpc) is 2.91. The van der Waals surface area contributed by atoms with Crippen LogP contribution in [0.4, 0.5) is 5.69 Å². The lowest BCUT2D eigenvalue weighted by atomic mass is 10.2. The van der Waals surface area contributed by atoms with E-state index in [-0.39, 0.29) is 5.25 Å². The number of hydrogen-bond acceptors (Lipinski definition) is 3. The Morgan fingerprint density at radius 3 is 2.53 bits per heavy atom. The van der Waals surface area contributed by atoms with Crippen LogP contribution in [0.15, 0.2) is 30.3 Å². The maximum atomic E-state index is 12.8.